The zero-order valence-electron chi connectivity index (χ0n) is 16.1. The minimum Gasteiger partial charge on any atom is -0.450 e. The maximum atomic E-state index is 13.5. The second-order valence-corrected chi connectivity index (χ2v) is 7.44. The number of hydrogen-bond donors (Lipinski definition) is 0. The van der Waals surface area contributed by atoms with Crippen molar-refractivity contribution >= 4 is 16.9 Å². The first-order valence-corrected chi connectivity index (χ1v) is 9.38. The van der Waals surface area contributed by atoms with Gasteiger partial charge in [-0.05, 0) is 49.9 Å². The summed E-state index contributed by atoms with van der Waals surface area (Å²) in [6.07, 6.45) is 0.813. The van der Waals surface area contributed by atoms with Gasteiger partial charge in [-0.2, -0.15) is 0 Å². The van der Waals surface area contributed by atoms with Crippen LogP contribution in [-0.4, -0.2) is 17.4 Å². The summed E-state index contributed by atoms with van der Waals surface area (Å²) >= 11 is 0. The van der Waals surface area contributed by atoms with Gasteiger partial charge < -0.3 is 9.32 Å². The van der Waals surface area contributed by atoms with Crippen LogP contribution in [-0.2, 0) is 0 Å². The summed E-state index contributed by atoms with van der Waals surface area (Å²) in [4.78, 5) is 28.3. The van der Waals surface area contributed by atoms with Gasteiger partial charge in [-0.3, -0.25) is 9.59 Å². The number of carbonyl (C=O) groups excluding carboxylic acids is 1. The predicted molar refractivity (Wildman–Crippen MR) is 106 cm³/mol. The highest BCUT2D eigenvalue weighted by atomic mass is 16.3. The number of fused-ring (bicyclic) bond motifs is 2. The molecule has 27 heavy (non-hydrogen) atoms. The molecule has 0 saturated carbocycles. The van der Waals surface area contributed by atoms with Gasteiger partial charge in [0, 0.05) is 6.54 Å². The van der Waals surface area contributed by atoms with Crippen molar-refractivity contribution in [2.45, 2.75) is 40.2 Å². The number of carbonyl (C=O) groups is 1. The van der Waals surface area contributed by atoms with Crippen molar-refractivity contribution in [2.75, 3.05) is 6.54 Å². The van der Waals surface area contributed by atoms with Gasteiger partial charge in [0.05, 0.1) is 17.0 Å². The standard InChI is InChI=1S/C23H23NO3/c1-5-10-24-20(16-8-6-13(2)7-9-16)19-21(25)18-15(4)11-14(3)12-17(18)27-22(19)23(24)26/h6-9,11-12,20H,5,10H2,1-4H3/t20-/m1/s1. The van der Waals surface area contributed by atoms with Crippen LogP contribution in [0, 0.1) is 20.8 Å². The third-order valence-electron chi connectivity index (χ3n) is 5.27. The fourth-order valence-corrected chi connectivity index (χ4v) is 4.08. The molecule has 0 unspecified atom stereocenters. The molecule has 0 aliphatic carbocycles. The molecule has 2 aromatic carbocycles. The predicted octanol–water partition coefficient (Wildman–Crippen LogP) is 4.67. The van der Waals surface area contributed by atoms with Gasteiger partial charge in [0.2, 0.25) is 5.76 Å². The molecule has 4 rings (SSSR count). The molecule has 4 nitrogen and oxygen atoms in total. The van der Waals surface area contributed by atoms with Crippen molar-refractivity contribution in [1.82, 2.24) is 4.90 Å². The van der Waals surface area contributed by atoms with Crippen LogP contribution in [0.4, 0.5) is 0 Å². The summed E-state index contributed by atoms with van der Waals surface area (Å²) in [6.45, 7) is 8.51. The molecule has 1 atom stereocenters. The normalized spacial score (nSPS) is 16.2. The molecular weight excluding hydrogens is 338 g/mol. The summed E-state index contributed by atoms with van der Waals surface area (Å²) < 4.78 is 6.02. The molecule has 0 N–H and O–H groups in total. The van der Waals surface area contributed by atoms with Crippen molar-refractivity contribution in [3.8, 4) is 0 Å². The monoisotopic (exact) mass is 361 g/mol. The van der Waals surface area contributed by atoms with Gasteiger partial charge >= 0.3 is 0 Å². The largest absolute Gasteiger partial charge is 0.450 e. The molecule has 0 spiro atoms. The first-order chi connectivity index (χ1) is 12.9. The fourth-order valence-electron chi connectivity index (χ4n) is 4.08. The lowest BCUT2D eigenvalue weighted by atomic mass is 9.96. The quantitative estimate of drug-likeness (QED) is 0.681. The van der Waals surface area contributed by atoms with Crippen LogP contribution in [0.15, 0.2) is 45.6 Å². The number of hydrogen-bond acceptors (Lipinski definition) is 3. The maximum Gasteiger partial charge on any atom is 0.290 e. The van der Waals surface area contributed by atoms with Crippen LogP contribution in [0.3, 0.4) is 0 Å². The van der Waals surface area contributed by atoms with Gasteiger partial charge in [0.15, 0.2) is 5.43 Å². The van der Waals surface area contributed by atoms with E-state index in [1.807, 2.05) is 64.1 Å². The lowest BCUT2D eigenvalue weighted by Gasteiger charge is -2.24. The summed E-state index contributed by atoms with van der Waals surface area (Å²) in [7, 11) is 0. The molecule has 3 aromatic rings. The molecule has 1 aromatic heterocycles. The lowest BCUT2D eigenvalue weighted by molar-refractivity contribution is 0.0728. The van der Waals surface area contributed by atoms with Gasteiger partial charge in [-0.25, -0.2) is 0 Å². The zero-order chi connectivity index (χ0) is 19.3. The van der Waals surface area contributed by atoms with Gasteiger partial charge in [0.25, 0.3) is 5.91 Å². The van der Waals surface area contributed by atoms with E-state index in [1.54, 1.807) is 4.90 Å². The summed E-state index contributed by atoms with van der Waals surface area (Å²) in [5.74, 6) is -0.00731. The van der Waals surface area contributed by atoms with E-state index in [4.69, 9.17) is 4.42 Å². The number of aryl methyl sites for hydroxylation is 3. The van der Waals surface area contributed by atoms with Crippen molar-refractivity contribution in [1.29, 1.82) is 0 Å². The first kappa shape index (κ1) is 17.5. The summed E-state index contributed by atoms with van der Waals surface area (Å²) in [5, 5.41) is 0.572. The maximum absolute atomic E-state index is 13.5. The Bertz CT molecular complexity index is 1110. The van der Waals surface area contributed by atoms with Crippen LogP contribution in [0.25, 0.3) is 11.0 Å². The van der Waals surface area contributed by atoms with Crippen molar-refractivity contribution in [2.24, 2.45) is 0 Å². The number of amides is 1. The topological polar surface area (TPSA) is 50.5 Å². The number of rotatable bonds is 3. The average Bonchev–Trinajstić information content (AvgIpc) is 2.88. The van der Waals surface area contributed by atoms with E-state index in [2.05, 4.69) is 0 Å². The van der Waals surface area contributed by atoms with E-state index >= 15 is 0 Å². The van der Waals surface area contributed by atoms with E-state index in [9.17, 15) is 9.59 Å². The Labute approximate surface area is 158 Å². The molecule has 0 saturated heterocycles. The van der Waals surface area contributed by atoms with Crippen molar-refractivity contribution in [3.63, 3.8) is 0 Å². The highest BCUT2D eigenvalue weighted by Crippen LogP contribution is 2.38. The minimum absolute atomic E-state index is 0.0960. The molecule has 0 bridgehead atoms. The van der Waals surface area contributed by atoms with Crippen LogP contribution < -0.4 is 5.43 Å². The van der Waals surface area contributed by atoms with Gasteiger partial charge in [0.1, 0.15) is 5.58 Å². The SMILES string of the molecule is CCCN1C(=O)c2oc3cc(C)cc(C)c3c(=O)c2[C@H]1c1ccc(C)cc1. The fraction of sp³-hybridized carbons (Fsp3) is 0.304. The highest BCUT2D eigenvalue weighted by Gasteiger charge is 2.42. The molecule has 1 aliphatic heterocycles. The Morgan fingerprint density at radius 2 is 1.70 bits per heavy atom. The molecular formula is C23H23NO3. The minimum atomic E-state index is -0.394. The van der Waals surface area contributed by atoms with Crippen LogP contribution in [0.2, 0.25) is 0 Å². The van der Waals surface area contributed by atoms with Crippen LogP contribution in [0.5, 0.6) is 0 Å². The average molecular weight is 361 g/mol. The summed E-state index contributed by atoms with van der Waals surface area (Å²) in [5.41, 5.74) is 4.84. The van der Waals surface area contributed by atoms with Crippen LogP contribution >= 0.6 is 0 Å². The highest BCUT2D eigenvalue weighted by molar-refractivity contribution is 5.99. The second-order valence-electron chi connectivity index (χ2n) is 7.44. The zero-order valence-corrected chi connectivity index (χ0v) is 16.1. The molecule has 4 heteroatoms. The van der Waals surface area contributed by atoms with Crippen LogP contribution in [0.1, 0.15) is 57.8 Å². The van der Waals surface area contributed by atoms with E-state index in [0.717, 1.165) is 28.7 Å². The molecule has 0 radical (unpaired) electrons. The van der Waals surface area contributed by atoms with Crippen molar-refractivity contribution in [3.05, 3.63) is 80.2 Å². The molecule has 138 valence electrons. The smallest absolute Gasteiger partial charge is 0.290 e. The van der Waals surface area contributed by atoms with E-state index < -0.39 is 6.04 Å². The molecule has 1 aliphatic rings. The van der Waals surface area contributed by atoms with E-state index in [-0.39, 0.29) is 17.1 Å². The van der Waals surface area contributed by atoms with Gasteiger partial charge in [-0.1, -0.05) is 42.8 Å². The third-order valence-corrected chi connectivity index (χ3v) is 5.27. The Morgan fingerprint density at radius 1 is 1.00 bits per heavy atom. The van der Waals surface area contributed by atoms with Crippen molar-refractivity contribution < 1.29 is 9.21 Å². The lowest BCUT2D eigenvalue weighted by Crippen LogP contribution is -2.30. The third kappa shape index (κ3) is 2.67. The second kappa shape index (κ2) is 6.38. The first-order valence-electron chi connectivity index (χ1n) is 9.38. The van der Waals surface area contributed by atoms with Gasteiger partial charge in [-0.15, -0.1) is 0 Å². The number of benzene rings is 2. The Morgan fingerprint density at radius 3 is 2.37 bits per heavy atom. The Balaban J connectivity index is 2.04. The Hall–Kier alpha value is -2.88. The number of nitrogens with zero attached hydrogens (tertiary/aromatic N) is 1. The molecule has 1 amide bonds. The Kier molecular flexibility index (Phi) is 4.14. The van der Waals surface area contributed by atoms with E-state index in [0.29, 0.717) is 23.1 Å². The summed E-state index contributed by atoms with van der Waals surface area (Å²) in [6, 6.07) is 11.4. The molecule has 0 fully saturated rings. The molecule has 2 heterocycles. The van der Waals surface area contributed by atoms with E-state index in [1.165, 1.54) is 0 Å².